The molecular weight excluding hydrogens is 264 g/mol. The number of rotatable bonds is 8. The van der Waals surface area contributed by atoms with Crippen LogP contribution in [0.25, 0.3) is 0 Å². The Labute approximate surface area is 128 Å². The molecule has 0 N–H and O–H groups in total. The molecule has 0 fully saturated rings. The number of carbonyl (C=O) groups is 1. The average molecular weight is 292 g/mol. The third kappa shape index (κ3) is 7.39. The number of aldehydes is 1. The molecule has 0 spiro atoms. The molecule has 3 atom stereocenters. The standard InChI is InChI=1S/C18H28O3/c1-5-16(13-15(4)11-12-19)9-10-17-7-6-8-18(21-17)20-14(2)3/h6,8-10,12-15,17-18H,5,7,11H2,1-4H3/b10-9+,16-13+/t15-,17-,18?/m1/s1. The molecule has 0 aromatic heterocycles. The van der Waals surface area contributed by atoms with E-state index in [1.807, 2.05) is 19.9 Å². The summed E-state index contributed by atoms with van der Waals surface area (Å²) in [6, 6.07) is 0. The van der Waals surface area contributed by atoms with Crippen molar-refractivity contribution in [3.8, 4) is 0 Å². The van der Waals surface area contributed by atoms with Gasteiger partial charge in [0.05, 0.1) is 12.2 Å². The first kappa shape index (κ1) is 17.9. The minimum absolute atomic E-state index is 0.0510. The minimum atomic E-state index is -0.253. The summed E-state index contributed by atoms with van der Waals surface area (Å²) in [5, 5.41) is 0. The van der Waals surface area contributed by atoms with Gasteiger partial charge in [0.15, 0.2) is 6.29 Å². The van der Waals surface area contributed by atoms with Gasteiger partial charge in [0.25, 0.3) is 0 Å². The highest BCUT2D eigenvalue weighted by molar-refractivity contribution is 5.50. The van der Waals surface area contributed by atoms with E-state index in [1.54, 1.807) is 0 Å². The smallest absolute Gasteiger partial charge is 0.177 e. The molecule has 1 heterocycles. The van der Waals surface area contributed by atoms with E-state index in [2.05, 4.69) is 38.2 Å². The van der Waals surface area contributed by atoms with Crippen LogP contribution >= 0.6 is 0 Å². The number of hydrogen-bond acceptors (Lipinski definition) is 3. The summed E-state index contributed by atoms with van der Waals surface area (Å²) in [5.74, 6) is 0.284. The van der Waals surface area contributed by atoms with Crippen LogP contribution in [-0.4, -0.2) is 24.8 Å². The summed E-state index contributed by atoms with van der Waals surface area (Å²) in [4.78, 5) is 10.5. The van der Waals surface area contributed by atoms with Crippen molar-refractivity contribution in [2.45, 2.75) is 65.5 Å². The van der Waals surface area contributed by atoms with Gasteiger partial charge in [0, 0.05) is 6.42 Å². The van der Waals surface area contributed by atoms with Crippen LogP contribution in [0.1, 0.15) is 47.0 Å². The van der Waals surface area contributed by atoms with Crippen molar-refractivity contribution in [1.29, 1.82) is 0 Å². The van der Waals surface area contributed by atoms with Crippen LogP contribution in [0, 0.1) is 5.92 Å². The first-order chi connectivity index (χ1) is 10.0. The zero-order valence-corrected chi connectivity index (χ0v) is 13.6. The Balaban J connectivity index is 2.58. The largest absolute Gasteiger partial charge is 0.346 e. The lowest BCUT2D eigenvalue weighted by Crippen LogP contribution is -2.27. The number of hydrogen-bond donors (Lipinski definition) is 0. The summed E-state index contributed by atoms with van der Waals surface area (Å²) < 4.78 is 11.5. The second kappa shape index (κ2) is 9.69. The van der Waals surface area contributed by atoms with E-state index in [1.165, 1.54) is 5.57 Å². The Bertz CT molecular complexity index is 393. The molecule has 0 saturated carbocycles. The first-order valence-corrected chi connectivity index (χ1v) is 7.85. The topological polar surface area (TPSA) is 35.5 Å². The van der Waals surface area contributed by atoms with E-state index in [9.17, 15) is 4.79 Å². The van der Waals surface area contributed by atoms with Gasteiger partial charge in [0.2, 0.25) is 0 Å². The van der Waals surface area contributed by atoms with E-state index in [4.69, 9.17) is 9.47 Å². The number of ether oxygens (including phenoxy) is 2. The molecule has 3 heteroatoms. The molecule has 1 aliphatic rings. The Kier molecular flexibility index (Phi) is 8.24. The molecule has 118 valence electrons. The minimum Gasteiger partial charge on any atom is -0.346 e. The molecule has 0 radical (unpaired) electrons. The monoisotopic (exact) mass is 292 g/mol. The van der Waals surface area contributed by atoms with Crippen molar-refractivity contribution < 1.29 is 14.3 Å². The van der Waals surface area contributed by atoms with Crippen LogP contribution in [0.4, 0.5) is 0 Å². The highest BCUT2D eigenvalue weighted by Gasteiger charge is 2.17. The molecule has 21 heavy (non-hydrogen) atoms. The van der Waals surface area contributed by atoms with Crippen LogP contribution in [-0.2, 0) is 14.3 Å². The third-order valence-electron chi connectivity index (χ3n) is 3.28. The van der Waals surface area contributed by atoms with Crippen LogP contribution in [0.3, 0.4) is 0 Å². The molecule has 0 aromatic rings. The molecule has 0 saturated heterocycles. The Morgan fingerprint density at radius 2 is 2.19 bits per heavy atom. The lowest BCUT2D eigenvalue weighted by molar-refractivity contribution is -0.154. The van der Waals surface area contributed by atoms with E-state index >= 15 is 0 Å². The molecule has 1 unspecified atom stereocenters. The van der Waals surface area contributed by atoms with E-state index in [-0.39, 0.29) is 24.4 Å². The first-order valence-electron chi connectivity index (χ1n) is 7.85. The van der Waals surface area contributed by atoms with Crippen molar-refractivity contribution in [1.82, 2.24) is 0 Å². The molecule has 0 bridgehead atoms. The molecule has 0 aromatic carbocycles. The maximum absolute atomic E-state index is 10.5. The second-order valence-electron chi connectivity index (χ2n) is 5.73. The van der Waals surface area contributed by atoms with Crippen molar-refractivity contribution >= 4 is 6.29 Å². The summed E-state index contributed by atoms with van der Waals surface area (Å²) in [7, 11) is 0. The molecule has 1 aliphatic heterocycles. The third-order valence-corrected chi connectivity index (χ3v) is 3.28. The van der Waals surface area contributed by atoms with Crippen molar-refractivity contribution in [3.63, 3.8) is 0 Å². The van der Waals surface area contributed by atoms with E-state index in [0.717, 1.165) is 19.1 Å². The Morgan fingerprint density at radius 1 is 1.43 bits per heavy atom. The van der Waals surface area contributed by atoms with Gasteiger partial charge in [0.1, 0.15) is 6.29 Å². The molecule has 0 aliphatic carbocycles. The van der Waals surface area contributed by atoms with Crippen LogP contribution in [0.2, 0.25) is 0 Å². The zero-order valence-electron chi connectivity index (χ0n) is 13.6. The predicted octanol–water partition coefficient (Wildman–Crippen LogP) is 4.20. The van der Waals surface area contributed by atoms with Gasteiger partial charge in [-0.2, -0.15) is 0 Å². The fourth-order valence-corrected chi connectivity index (χ4v) is 2.17. The van der Waals surface area contributed by atoms with Crippen molar-refractivity contribution in [2.24, 2.45) is 5.92 Å². The summed E-state index contributed by atoms with van der Waals surface area (Å²) in [5.41, 5.74) is 1.24. The highest BCUT2D eigenvalue weighted by atomic mass is 16.7. The summed E-state index contributed by atoms with van der Waals surface area (Å²) in [6.45, 7) is 8.19. The Morgan fingerprint density at radius 3 is 2.81 bits per heavy atom. The predicted molar refractivity (Wildman–Crippen MR) is 86.0 cm³/mol. The van der Waals surface area contributed by atoms with Crippen molar-refractivity contribution in [3.05, 3.63) is 36.0 Å². The van der Waals surface area contributed by atoms with Gasteiger partial charge >= 0.3 is 0 Å². The van der Waals surface area contributed by atoms with Gasteiger partial charge in [-0.25, -0.2) is 0 Å². The van der Waals surface area contributed by atoms with Gasteiger partial charge in [-0.3, -0.25) is 0 Å². The summed E-state index contributed by atoms with van der Waals surface area (Å²) >= 11 is 0. The second-order valence-corrected chi connectivity index (χ2v) is 5.73. The molecule has 0 amide bonds. The maximum atomic E-state index is 10.5. The fourth-order valence-electron chi connectivity index (χ4n) is 2.17. The molecule has 1 rings (SSSR count). The fraction of sp³-hybridized carbons (Fsp3) is 0.611. The Hall–Kier alpha value is -1.19. The van der Waals surface area contributed by atoms with E-state index in [0.29, 0.717) is 6.42 Å². The normalized spacial score (nSPS) is 24.7. The molecule has 3 nitrogen and oxygen atoms in total. The molecular formula is C18H28O3. The quantitative estimate of drug-likeness (QED) is 0.382. The summed E-state index contributed by atoms with van der Waals surface area (Å²) in [6.07, 6.45) is 13.7. The lowest BCUT2D eigenvalue weighted by Gasteiger charge is -2.25. The van der Waals surface area contributed by atoms with Crippen LogP contribution < -0.4 is 0 Å². The van der Waals surface area contributed by atoms with Gasteiger partial charge < -0.3 is 14.3 Å². The highest BCUT2D eigenvalue weighted by Crippen LogP contribution is 2.18. The van der Waals surface area contributed by atoms with Gasteiger partial charge in [-0.1, -0.05) is 43.7 Å². The average Bonchev–Trinajstić information content (AvgIpc) is 2.43. The lowest BCUT2D eigenvalue weighted by atomic mass is 10.0. The SMILES string of the molecule is CCC(/C=C/[C@H]1CC=CC(OC(C)C)O1)=C\[C@H](C)CC=O. The van der Waals surface area contributed by atoms with Crippen LogP contribution in [0.5, 0.6) is 0 Å². The van der Waals surface area contributed by atoms with E-state index < -0.39 is 0 Å². The van der Waals surface area contributed by atoms with Gasteiger partial charge in [-0.15, -0.1) is 0 Å². The van der Waals surface area contributed by atoms with Gasteiger partial charge in [-0.05, 0) is 38.7 Å². The van der Waals surface area contributed by atoms with Crippen LogP contribution in [0.15, 0.2) is 36.0 Å². The number of allylic oxidation sites excluding steroid dienone is 3. The van der Waals surface area contributed by atoms with Crippen molar-refractivity contribution in [2.75, 3.05) is 0 Å². The number of carbonyl (C=O) groups excluding carboxylic acids is 1. The maximum Gasteiger partial charge on any atom is 0.177 e. The zero-order chi connectivity index (χ0) is 15.7.